The average Bonchev–Trinajstić information content (AvgIpc) is 2.59. The van der Waals surface area contributed by atoms with Gasteiger partial charge in [-0.3, -0.25) is 4.79 Å². The number of para-hydroxylation sites is 1. The molecule has 1 radical (unpaired) electrons. The van der Waals surface area contributed by atoms with Crippen molar-refractivity contribution < 1.29 is 4.79 Å². The van der Waals surface area contributed by atoms with Crippen LogP contribution in [0.5, 0.6) is 0 Å². The second-order valence-electron chi connectivity index (χ2n) is 3.22. The maximum atomic E-state index is 11.5. The zero-order valence-electron chi connectivity index (χ0n) is 8.03. The number of imidazole rings is 1. The topological polar surface area (TPSA) is 49.0 Å². The molecule has 0 bridgehead atoms. The molecule has 0 aliphatic heterocycles. The van der Waals surface area contributed by atoms with Crippen LogP contribution < -0.4 is 0 Å². The number of aromatic nitrogens is 2. The Morgan fingerprint density at radius 3 is 3.00 bits per heavy atom. The van der Waals surface area contributed by atoms with E-state index < -0.39 is 0 Å². The first kappa shape index (κ1) is 8.74. The van der Waals surface area contributed by atoms with Gasteiger partial charge in [0.25, 0.3) is 5.91 Å². The third kappa shape index (κ3) is 1.35. The molecule has 2 rings (SSSR count). The molecule has 1 aromatic heterocycles. The summed E-state index contributed by atoms with van der Waals surface area (Å²) in [6.07, 6.45) is 0. The van der Waals surface area contributed by atoms with E-state index in [9.17, 15) is 4.79 Å². The lowest BCUT2D eigenvalue weighted by atomic mass is 10.3. The van der Waals surface area contributed by atoms with Crippen molar-refractivity contribution in [3.05, 3.63) is 30.1 Å². The second-order valence-corrected chi connectivity index (χ2v) is 3.22. The van der Waals surface area contributed by atoms with E-state index in [1.807, 2.05) is 12.1 Å². The van der Waals surface area contributed by atoms with Crippen molar-refractivity contribution in [3.8, 4) is 0 Å². The lowest BCUT2D eigenvalue weighted by Crippen LogP contribution is -2.22. The smallest absolute Gasteiger partial charge is 0.289 e. The zero-order chi connectivity index (χ0) is 10.1. The number of carbonyl (C=O) groups is 1. The standard InChI is InChI=1S/C10H10N3O/c1-13(2)10(14)9-11-7-5-3-4-6-8(7)12-9/h3-5H,1-2H3,(H,11,12). The number of amides is 1. The number of carbonyl (C=O) groups excluding carboxylic acids is 1. The van der Waals surface area contributed by atoms with Crippen molar-refractivity contribution in [2.45, 2.75) is 0 Å². The number of hydrogen-bond donors (Lipinski definition) is 1. The maximum absolute atomic E-state index is 11.5. The van der Waals surface area contributed by atoms with E-state index in [-0.39, 0.29) is 5.91 Å². The fraction of sp³-hybridized carbons (Fsp3) is 0.200. The summed E-state index contributed by atoms with van der Waals surface area (Å²) in [6.45, 7) is 0. The molecule has 0 atom stereocenters. The number of hydrogen-bond acceptors (Lipinski definition) is 2. The van der Waals surface area contributed by atoms with Crippen LogP contribution in [0.2, 0.25) is 0 Å². The Morgan fingerprint density at radius 2 is 2.36 bits per heavy atom. The van der Waals surface area contributed by atoms with Crippen molar-refractivity contribution in [3.63, 3.8) is 0 Å². The summed E-state index contributed by atoms with van der Waals surface area (Å²) in [5.74, 6) is 0.224. The molecule has 71 valence electrons. The van der Waals surface area contributed by atoms with Gasteiger partial charge in [0.1, 0.15) is 0 Å². The molecule has 4 nitrogen and oxygen atoms in total. The lowest BCUT2D eigenvalue weighted by molar-refractivity contribution is 0.0817. The largest absolute Gasteiger partial charge is 0.342 e. The summed E-state index contributed by atoms with van der Waals surface area (Å²) in [5.41, 5.74) is 1.52. The molecular weight excluding hydrogens is 178 g/mol. The van der Waals surface area contributed by atoms with E-state index in [1.165, 1.54) is 4.90 Å². The maximum Gasteiger partial charge on any atom is 0.289 e. The van der Waals surface area contributed by atoms with Gasteiger partial charge in [-0.15, -0.1) is 0 Å². The molecule has 0 aliphatic rings. The van der Waals surface area contributed by atoms with E-state index in [2.05, 4.69) is 16.0 Å². The van der Waals surface area contributed by atoms with Crippen LogP contribution in [0.25, 0.3) is 11.0 Å². The Kier molecular flexibility index (Phi) is 1.96. The molecule has 1 N–H and O–H groups in total. The number of H-pyrrole nitrogens is 1. The Bertz CT molecular complexity index is 440. The lowest BCUT2D eigenvalue weighted by Gasteiger charge is -2.06. The van der Waals surface area contributed by atoms with Crippen LogP contribution in [-0.4, -0.2) is 34.9 Å². The van der Waals surface area contributed by atoms with Crippen LogP contribution >= 0.6 is 0 Å². The van der Waals surface area contributed by atoms with Crippen molar-refractivity contribution >= 4 is 16.9 Å². The quantitative estimate of drug-likeness (QED) is 0.727. The van der Waals surface area contributed by atoms with Gasteiger partial charge in [-0.05, 0) is 6.07 Å². The van der Waals surface area contributed by atoms with Crippen LogP contribution in [-0.2, 0) is 0 Å². The Hall–Kier alpha value is -1.84. The van der Waals surface area contributed by atoms with Gasteiger partial charge in [0, 0.05) is 20.2 Å². The normalized spacial score (nSPS) is 10.4. The molecule has 0 saturated carbocycles. The van der Waals surface area contributed by atoms with Gasteiger partial charge in [-0.2, -0.15) is 0 Å². The third-order valence-corrected chi connectivity index (χ3v) is 1.92. The van der Waals surface area contributed by atoms with Crippen molar-refractivity contribution in [1.29, 1.82) is 0 Å². The highest BCUT2D eigenvalue weighted by Crippen LogP contribution is 2.10. The second kappa shape index (κ2) is 3.14. The SMILES string of the molecule is CN(C)C(=O)c1nc2[c]cccc2[nH]1. The highest BCUT2D eigenvalue weighted by atomic mass is 16.2. The van der Waals surface area contributed by atoms with E-state index >= 15 is 0 Å². The highest BCUT2D eigenvalue weighted by Gasteiger charge is 2.12. The Balaban J connectivity index is 2.50. The first-order valence-corrected chi connectivity index (χ1v) is 4.26. The molecule has 1 aromatic carbocycles. The highest BCUT2D eigenvalue weighted by molar-refractivity contribution is 5.93. The van der Waals surface area contributed by atoms with E-state index in [0.717, 1.165) is 5.52 Å². The van der Waals surface area contributed by atoms with Gasteiger partial charge in [-0.1, -0.05) is 12.1 Å². The average molecular weight is 188 g/mol. The van der Waals surface area contributed by atoms with Crippen LogP contribution in [0.1, 0.15) is 10.6 Å². The summed E-state index contributed by atoms with van der Waals surface area (Å²) in [5, 5.41) is 0. The van der Waals surface area contributed by atoms with E-state index in [0.29, 0.717) is 11.3 Å². The minimum absolute atomic E-state index is 0.130. The van der Waals surface area contributed by atoms with Crippen LogP contribution in [0, 0.1) is 6.07 Å². The predicted molar refractivity (Wildman–Crippen MR) is 52.9 cm³/mol. The number of aromatic amines is 1. The molecule has 0 unspecified atom stereocenters. The van der Waals surface area contributed by atoms with Crippen molar-refractivity contribution in [1.82, 2.24) is 14.9 Å². The number of benzene rings is 1. The van der Waals surface area contributed by atoms with Crippen LogP contribution in [0.3, 0.4) is 0 Å². The van der Waals surface area contributed by atoms with Gasteiger partial charge in [-0.25, -0.2) is 4.98 Å². The summed E-state index contributed by atoms with van der Waals surface area (Å²) in [6, 6.07) is 8.44. The Morgan fingerprint density at radius 1 is 1.57 bits per heavy atom. The van der Waals surface area contributed by atoms with Gasteiger partial charge in [0.15, 0.2) is 5.82 Å². The molecule has 14 heavy (non-hydrogen) atoms. The fourth-order valence-corrected chi connectivity index (χ4v) is 1.20. The third-order valence-electron chi connectivity index (χ3n) is 1.92. The minimum atomic E-state index is -0.130. The summed E-state index contributed by atoms with van der Waals surface area (Å²) < 4.78 is 0. The number of fused-ring (bicyclic) bond motifs is 1. The van der Waals surface area contributed by atoms with Crippen LogP contribution in [0.4, 0.5) is 0 Å². The van der Waals surface area contributed by atoms with Gasteiger partial charge < -0.3 is 9.88 Å². The monoisotopic (exact) mass is 188 g/mol. The zero-order valence-corrected chi connectivity index (χ0v) is 8.03. The minimum Gasteiger partial charge on any atom is -0.342 e. The summed E-state index contributed by atoms with van der Waals surface area (Å²) >= 11 is 0. The van der Waals surface area contributed by atoms with Crippen molar-refractivity contribution in [2.75, 3.05) is 14.1 Å². The molecule has 0 fully saturated rings. The molecule has 1 heterocycles. The van der Waals surface area contributed by atoms with Gasteiger partial charge in [0.05, 0.1) is 11.0 Å². The van der Waals surface area contributed by atoms with Crippen LogP contribution in [0.15, 0.2) is 18.2 Å². The predicted octanol–water partition coefficient (Wildman–Crippen LogP) is 1.06. The molecular formula is C10H10N3O. The van der Waals surface area contributed by atoms with E-state index in [1.54, 1.807) is 20.2 Å². The number of rotatable bonds is 1. The van der Waals surface area contributed by atoms with Gasteiger partial charge in [0.2, 0.25) is 0 Å². The first-order valence-electron chi connectivity index (χ1n) is 4.26. The van der Waals surface area contributed by atoms with Gasteiger partial charge >= 0.3 is 0 Å². The molecule has 4 heteroatoms. The molecule has 0 saturated heterocycles. The number of nitrogens with one attached hydrogen (secondary N) is 1. The van der Waals surface area contributed by atoms with E-state index in [4.69, 9.17) is 0 Å². The molecule has 2 aromatic rings. The molecule has 0 aliphatic carbocycles. The number of nitrogens with zero attached hydrogens (tertiary/aromatic N) is 2. The molecule has 0 spiro atoms. The fourth-order valence-electron chi connectivity index (χ4n) is 1.20. The summed E-state index contributed by atoms with van der Waals surface area (Å²) in [4.78, 5) is 20.1. The Labute approximate surface area is 81.6 Å². The molecule has 1 amide bonds. The summed E-state index contributed by atoms with van der Waals surface area (Å²) in [7, 11) is 3.39. The first-order chi connectivity index (χ1) is 6.68. The van der Waals surface area contributed by atoms with Crippen molar-refractivity contribution in [2.24, 2.45) is 0 Å².